The number of carbonyl (C=O) groups is 1. The SMILES string of the molecule is Cc1ccc(C(=O)N(C)Cc2ccccc2Cl)cc1. The molecule has 0 spiro atoms. The molecule has 0 aliphatic rings. The molecule has 0 atom stereocenters. The first-order chi connectivity index (χ1) is 9.08. The average molecular weight is 274 g/mol. The number of nitrogens with zero attached hydrogens (tertiary/aromatic N) is 1. The van der Waals surface area contributed by atoms with Gasteiger partial charge < -0.3 is 4.90 Å². The molecule has 98 valence electrons. The molecule has 0 aromatic heterocycles. The lowest BCUT2D eigenvalue weighted by molar-refractivity contribution is 0.0785. The first kappa shape index (κ1) is 13.6. The lowest BCUT2D eigenvalue weighted by Gasteiger charge is -2.18. The van der Waals surface area contributed by atoms with E-state index in [1.165, 1.54) is 0 Å². The summed E-state index contributed by atoms with van der Waals surface area (Å²) in [5.74, 6) is -0.0000743. The summed E-state index contributed by atoms with van der Waals surface area (Å²) < 4.78 is 0. The molecule has 0 heterocycles. The molecule has 0 unspecified atom stereocenters. The Hall–Kier alpha value is -1.80. The minimum Gasteiger partial charge on any atom is -0.337 e. The molecule has 3 heteroatoms. The number of rotatable bonds is 3. The van der Waals surface area contributed by atoms with Crippen molar-refractivity contribution in [3.63, 3.8) is 0 Å². The first-order valence-corrected chi connectivity index (χ1v) is 6.51. The van der Waals surface area contributed by atoms with Crippen LogP contribution in [0.1, 0.15) is 21.5 Å². The van der Waals surface area contributed by atoms with Crippen LogP contribution in [0.15, 0.2) is 48.5 Å². The van der Waals surface area contributed by atoms with E-state index in [-0.39, 0.29) is 5.91 Å². The third-order valence-corrected chi connectivity index (χ3v) is 3.38. The molecule has 19 heavy (non-hydrogen) atoms. The second-order valence-corrected chi connectivity index (χ2v) is 5.03. The molecule has 0 N–H and O–H groups in total. The third-order valence-electron chi connectivity index (χ3n) is 3.01. The van der Waals surface area contributed by atoms with Gasteiger partial charge in [0.25, 0.3) is 5.91 Å². The lowest BCUT2D eigenvalue weighted by Crippen LogP contribution is -2.26. The quantitative estimate of drug-likeness (QED) is 0.830. The van der Waals surface area contributed by atoms with Crippen molar-refractivity contribution in [3.05, 3.63) is 70.2 Å². The van der Waals surface area contributed by atoms with E-state index in [1.54, 1.807) is 11.9 Å². The Balaban J connectivity index is 2.12. The van der Waals surface area contributed by atoms with Gasteiger partial charge in [-0.2, -0.15) is 0 Å². The van der Waals surface area contributed by atoms with E-state index in [0.29, 0.717) is 17.1 Å². The zero-order valence-electron chi connectivity index (χ0n) is 11.1. The largest absolute Gasteiger partial charge is 0.337 e. The van der Waals surface area contributed by atoms with Crippen LogP contribution in [0.5, 0.6) is 0 Å². The van der Waals surface area contributed by atoms with Crippen molar-refractivity contribution in [2.24, 2.45) is 0 Å². The van der Waals surface area contributed by atoms with Crippen LogP contribution in [-0.2, 0) is 6.54 Å². The highest BCUT2D eigenvalue weighted by Gasteiger charge is 2.12. The number of halogens is 1. The molecule has 2 nitrogen and oxygen atoms in total. The van der Waals surface area contributed by atoms with E-state index in [9.17, 15) is 4.79 Å². The Labute approximate surface area is 118 Å². The standard InChI is InChI=1S/C16H16ClNO/c1-12-7-9-13(10-8-12)16(19)18(2)11-14-5-3-4-6-15(14)17/h3-10H,11H2,1-2H3. The van der Waals surface area contributed by atoms with Gasteiger partial charge in [-0.05, 0) is 30.7 Å². The summed E-state index contributed by atoms with van der Waals surface area (Å²) in [7, 11) is 1.78. The predicted molar refractivity (Wildman–Crippen MR) is 78.4 cm³/mol. The Morgan fingerprint density at radius 1 is 1.11 bits per heavy atom. The van der Waals surface area contributed by atoms with E-state index in [1.807, 2.05) is 55.5 Å². The van der Waals surface area contributed by atoms with Crippen LogP contribution >= 0.6 is 11.6 Å². The molecule has 0 fully saturated rings. The molecule has 0 saturated heterocycles. The van der Waals surface area contributed by atoms with Crippen LogP contribution in [0, 0.1) is 6.92 Å². The number of hydrogen-bond donors (Lipinski definition) is 0. The van der Waals surface area contributed by atoms with Crippen molar-refractivity contribution in [2.75, 3.05) is 7.05 Å². The van der Waals surface area contributed by atoms with Crippen molar-refractivity contribution >= 4 is 17.5 Å². The third kappa shape index (κ3) is 3.36. The van der Waals surface area contributed by atoms with Gasteiger partial charge in [-0.25, -0.2) is 0 Å². The number of carbonyl (C=O) groups excluding carboxylic acids is 1. The van der Waals surface area contributed by atoms with Gasteiger partial charge in [0.15, 0.2) is 0 Å². The molecule has 2 aromatic rings. The maximum absolute atomic E-state index is 12.3. The highest BCUT2D eigenvalue weighted by Crippen LogP contribution is 2.17. The molecule has 1 amide bonds. The van der Waals surface area contributed by atoms with Gasteiger partial charge in [0.2, 0.25) is 0 Å². The molecule has 2 rings (SSSR count). The van der Waals surface area contributed by atoms with Gasteiger partial charge in [-0.1, -0.05) is 47.5 Å². The van der Waals surface area contributed by atoms with Gasteiger partial charge in [-0.15, -0.1) is 0 Å². The maximum Gasteiger partial charge on any atom is 0.253 e. The molecule has 0 aliphatic carbocycles. The maximum atomic E-state index is 12.3. The van der Waals surface area contributed by atoms with Crippen LogP contribution in [-0.4, -0.2) is 17.9 Å². The molecular formula is C16H16ClNO. The second-order valence-electron chi connectivity index (χ2n) is 4.62. The van der Waals surface area contributed by atoms with Crippen molar-refractivity contribution in [1.82, 2.24) is 4.90 Å². The number of hydrogen-bond acceptors (Lipinski definition) is 1. The second kappa shape index (κ2) is 5.89. The number of aryl methyl sites for hydroxylation is 1. The molecule has 0 saturated carbocycles. The fourth-order valence-corrected chi connectivity index (χ4v) is 2.07. The van der Waals surface area contributed by atoms with Crippen molar-refractivity contribution in [2.45, 2.75) is 13.5 Å². The summed E-state index contributed by atoms with van der Waals surface area (Å²) in [5.41, 5.74) is 2.79. The zero-order valence-corrected chi connectivity index (χ0v) is 11.8. The predicted octanol–water partition coefficient (Wildman–Crippen LogP) is 3.92. The van der Waals surface area contributed by atoms with Gasteiger partial charge in [-0.3, -0.25) is 4.79 Å². The van der Waals surface area contributed by atoms with Gasteiger partial charge in [0.1, 0.15) is 0 Å². The van der Waals surface area contributed by atoms with Crippen LogP contribution in [0.3, 0.4) is 0 Å². The molecule has 2 aromatic carbocycles. The van der Waals surface area contributed by atoms with Crippen molar-refractivity contribution < 1.29 is 4.79 Å². The number of amides is 1. The Morgan fingerprint density at radius 2 is 1.74 bits per heavy atom. The lowest BCUT2D eigenvalue weighted by atomic mass is 10.1. The van der Waals surface area contributed by atoms with E-state index >= 15 is 0 Å². The summed E-state index contributed by atoms with van der Waals surface area (Å²) in [6, 6.07) is 15.1. The minimum atomic E-state index is -0.0000743. The van der Waals surface area contributed by atoms with Crippen LogP contribution in [0.4, 0.5) is 0 Å². The monoisotopic (exact) mass is 273 g/mol. The van der Waals surface area contributed by atoms with Crippen molar-refractivity contribution in [1.29, 1.82) is 0 Å². The number of benzene rings is 2. The van der Waals surface area contributed by atoms with E-state index in [2.05, 4.69) is 0 Å². The van der Waals surface area contributed by atoms with E-state index < -0.39 is 0 Å². The molecule has 0 radical (unpaired) electrons. The highest BCUT2D eigenvalue weighted by atomic mass is 35.5. The minimum absolute atomic E-state index is 0.0000743. The summed E-state index contributed by atoms with van der Waals surface area (Å²) >= 11 is 6.10. The smallest absolute Gasteiger partial charge is 0.253 e. The average Bonchev–Trinajstić information content (AvgIpc) is 2.41. The van der Waals surface area contributed by atoms with Crippen LogP contribution < -0.4 is 0 Å². The van der Waals surface area contributed by atoms with Crippen molar-refractivity contribution in [3.8, 4) is 0 Å². The fourth-order valence-electron chi connectivity index (χ4n) is 1.87. The molecular weight excluding hydrogens is 258 g/mol. The molecule has 0 bridgehead atoms. The fraction of sp³-hybridized carbons (Fsp3) is 0.188. The van der Waals surface area contributed by atoms with Gasteiger partial charge in [0.05, 0.1) is 0 Å². The summed E-state index contributed by atoms with van der Waals surface area (Å²) in [5, 5.41) is 0.686. The Kier molecular flexibility index (Phi) is 4.23. The normalized spacial score (nSPS) is 10.3. The summed E-state index contributed by atoms with van der Waals surface area (Å²) in [6.45, 7) is 2.51. The molecule has 0 aliphatic heterocycles. The Morgan fingerprint density at radius 3 is 2.37 bits per heavy atom. The van der Waals surface area contributed by atoms with Gasteiger partial charge >= 0.3 is 0 Å². The Bertz CT molecular complexity index is 578. The van der Waals surface area contributed by atoms with E-state index in [0.717, 1.165) is 11.1 Å². The van der Waals surface area contributed by atoms with E-state index in [4.69, 9.17) is 11.6 Å². The highest BCUT2D eigenvalue weighted by molar-refractivity contribution is 6.31. The van der Waals surface area contributed by atoms with Crippen LogP contribution in [0.2, 0.25) is 5.02 Å². The first-order valence-electron chi connectivity index (χ1n) is 6.13. The zero-order chi connectivity index (χ0) is 13.8. The summed E-state index contributed by atoms with van der Waals surface area (Å²) in [6.07, 6.45) is 0. The van der Waals surface area contributed by atoms with Crippen LogP contribution in [0.25, 0.3) is 0 Å². The van der Waals surface area contributed by atoms with Gasteiger partial charge in [0, 0.05) is 24.2 Å². The topological polar surface area (TPSA) is 20.3 Å². The summed E-state index contributed by atoms with van der Waals surface area (Å²) in [4.78, 5) is 13.9.